The molecule has 78 valence electrons. The summed E-state index contributed by atoms with van der Waals surface area (Å²) in [6.07, 6.45) is 0.895. The Labute approximate surface area is 95.0 Å². The lowest BCUT2D eigenvalue weighted by Crippen LogP contribution is -2.02. The summed E-state index contributed by atoms with van der Waals surface area (Å²) >= 11 is 7.94. The molecule has 14 heavy (non-hydrogen) atoms. The van der Waals surface area contributed by atoms with Crippen LogP contribution < -0.4 is 5.73 Å². The summed E-state index contributed by atoms with van der Waals surface area (Å²) in [5.41, 5.74) is 6.69. The molecule has 0 saturated carbocycles. The van der Waals surface area contributed by atoms with E-state index < -0.39 is 0 Å². The number of thioether (sulfide) groups is 1. The molecule has 0 aliphatic carbocycles. The Bertz CT molecular complexity index is 299. The second-order valence-electron chi connectivity index (χ2n) is 3.47. The zero-order chi connectivity index (χ0) is 10.6. The maximum atomic E-state index is 6.15. The third-order valence-electron chi connectivity index (χ3n) is 1.79. The molecule has 0 radical (unpaired) electrons. The summed E-state index contributed by atoms with van der Waals surface area (Å²) in [7, 11) is 0. The van der Waals surface area contributed by atoms with E-state index in [-0.39, 0.29) is 0 Å². The number of hydrogen-bond acceptors (Lipinski definition) is 2. The van der Waals surface area contributed by atoms with E-state index in [1.165, 1.54) is 5.56 Å². The summed E-state index contributed by atoms with van der Waals surface area (Å²) in [6, 6.07) is 6.20. The maximum absolute atomic E-state index is 6.15. The molecule has 0 amide bonds. The molecule has 0 aromatic heterocycles. The molecule has 0 atom stereocenters. The smallest absolute Gasteiger partial charge is 0.0544 e. The van der Waals surface area contributed by atoms with Crippen molar-refractivity contribution in [2.24, 2.45) is 5.73 Å². The van der Waals surface area contributed by atoms with Crippen molar-refractivity contribution in [2.45, 2.75) is 30.4 Å². The van der Waals surface area contributed by atoms with E-state index in [0.29, 0.717) is 11.8 Å². The van der Waals surface area contributed by atoms with Gasteiger partial charge in [0.15, 0.2) is 0 Å². The fourth-order valence-electron chi connectivity index (χ4n) is 1.22. The van der Waals surface area contributed by atoms with Crippen LogP contribution in [0.15, 0.2) is 23.1 Å². The highest BCUT2D eigenvalue weighted by Crippen LogP contribution is 2.30. The van der Waals surface area contributed by atoms with Gasteiger partial charge in [-0.3, -0.25) is 0 Å². The summed E-state index contributed by atoms with van der Waals surface area (Å²) in [6.45, 7) is 5.00. The largest absolute Gasteiger partial charge is 0.330 e. The number of rotatable bonds is 4. The zero-order valence-electron chi connectivity index (χ0n) is 8.59. The lowest BCUT2D eigenvalue weighted by atomic mass is 10.1. The minimum atomic E-state index is 0.563. The summed E-state index contributed by atoms with van der Waals surface area (Å²) in [5, 5.41) is 1.41. The van der Waals surface area contributed by atoms with Crippen molar-refractivity contribution in [3.63, 3.8) is 0 Å². The van der Waals surface area contributed by atoms with Crippen molar-refractivity contribution in [1.29, 1.82) is 0 Å². The SMILES string of the molecule is CC(C)Sc1ccc(CCN)cc1Cl. The van der Waals surface area contributed by atoms with Gasteiger partial charge in [0.25, 0.3) is 0 Å². The van der Waals surface area contributed by atoms with Gasteiger partial charge in [-0.15, -0.1) is 11.8 Å². The Morgan fingerprint density at radius 1 is 1.43 bits per heavy atom. The average Bonchev–Trinajstić information content (AvgIpc) is 2.10. The van der Waals surface area contributed by atoms with Crippen molar-refractivity contribution >= 4 is 23.4 Å². The van der Waals surface area contributed by atoms with Crippen LogP contribution in [0.3, 0.4) is 0 Å². The lowest BCUT2D eigenvalue weighted by molar-refractivity contribution is 0.966. The first-order valence-electron chi connectivity index (χ1n) is 4.78. The van der Waals surface area contributed by atoms with Crippen molar-refractivity contribution in [3.8, 4) is 0 Å². The Hall–Kier alpha value is -0.180. The fourth-order valence-corrected chi connectivity index (χ4v) is 2.38. The highest BCUT2D eigenvalue weighted by atomic mass is 35.5. The molecular formula is C11H16ClNS. The van der Waals surface area contributed by atoms with E-state index in [1.54, 1.807) is 11.8 Å². The molecule has 0 fully saturated rings. The molecule has 3 heteroatoms. The molecule has 0 spiro atoms. The molecule has 0 saturated heterocycles. The minimum Gasteiger partial charge on any atom is -0.330 e. The highest BCUT2D eigenvalue weighted by molar-refractivity contribution is 8.00. The van der Waals surface area contributed by atoms with Crippen LogP contribution in [0.5, 0.6) is 0 Å². The van der Waals surface area contributed by atoms with Crippen LogP contribution in [-0.4, -0.2) is 11.8 Å². The molecule has 1 nitrogen and oxygen atoms in total. The van der Waals surface area contributed by atoms with Crippen LogP contribution in [0.2, 0.25) is 5.02 Å². The Balaban J connectivity index is 2.79. The van der Waals surface area contributed by atoms with Gasteiger partial charge in [-0.05, 0) is 30.7 Å². The Morgan fingerprint density at radius 2 is 2.14 bits per heavy atom. The fraction of sp³-hybridized carbons (Fsp3) is 0.455. The van der Waals surface area contributed by atoms with Crippen LogP contribution in [0.25, 0.3) is 0 Å². The van der Waals surface area contributed by atoms with Crippen LogP contribution in [0.1, 0.15) is 19.4 Å². The highest BCUT2D eigenvalue weighted by Gasteiger charge is 2.04. The zero-order valence-corrected chi connectivity index (χ0v) is 10.2. The minimum absolute atomic E-state index is 0.563. The van der Waals surface area contributed by atoms with E-state index in [9.17, 15) is 0 Å². The average molecular weight is 230 g/mol. The molecule has 1 aromatic carbocycles. The van der Waals surface area contributed by atoms with Gasteiger partial charge >= 0.3 is 0 Å². The number of halogens is 1. The monoisotopic (exact) mass is 229 g/mol. The number of nitrogens with two attached hydrogens (primary N) is 1. The molecule has 1 rings (SSSR count). The van der Waals surface area contributed by atoms with E-state index >= 15 is 0 Å². The van der Waals surface area contributed by atoms with Gasteiger partial charge in [-0.1, -0.05) is 31.5 Å². The third kappa shape index (κ3) is 3.52. The molecule has 2 N–H and O–H groups in total. The lowest BCUT2D eigenvalue weighted by Gasteiger charge is -2.08. The van der Waals surface area contributed by atoms with Gasteiger partial charge in [-0.2, -0.15) is 0 Å². The van der Waals surface area contributed by atoms with Crippen molar-refractivity contribution < 1.29 is 0 Å². The van der Waals surface area contributed by atoms with E-state index in [1.807, 2.05) is 6.07 Å². The predicted molar refractivity (Wildman–Crippen MR) is 65.2 cm³/mol. The van der Waals surface area contributed by atoms with Gasteiger partial charge in [0.05, 0.1) is 5.02 Å². The molecular weight excluding hydrogens is 214 g/mol. The van der Waals surface area contributed by atoms with Gasteiger partial charge in [0.2, 0.25) is 0 Å². The van der Waals surface area contributed by atoms with Crippen LogP contribution in [0, 0.1) is 0 Å². The summed E-state index contributed by atoms with van der Waals surface area (Å²) < 4.78 is 0. The molecule has 0 bridgehead atoms. The molecule has 0 unspecified atom stereocenters. The van der Waals surface area contributed by atoms with Crippen molar-refractivity contribution in [3.05, 3.63) is 28.8 Å². The van der Waals surface area contributed by atoms with Crippen molar-refractivity contribution in [2.75, 3.05) is 6.54 Å². The first-order valence-corrected chi connectivity index (χ1v) is 6.04. The summed E-state index contributed by atoms with van der Waals surface area (Å²) in [5.74, 6) is 0. The van der Waals surface area contributed by atoms with Crippen LogP contribution >= 0.6 is 23.4 Å². The summed E-state index contributed by atoms with van der Waals surface area (Å²) in [4.78, 5) is 1.16. The van der Waals surface area contributed by atoms with Gasteiger partial charge < -0.3 is 5.73 Å². The maximum Gasteiger partial charge on any atom is 0.0544 e. The topological polar surface area (TPSA) is 26.0 Å². The predicted octanol–water partition coefficient (Wildman–Crippen LogP) is 3.34. The van der Waals surface area contributed by atoms with Gasteiger partial charge in [-0.25, -0.2) is 0 Å². The Kier molecular flexibility index (Phi) is 4.79. The quantitative estimate of drug-likeness (QED) is 0.802. The van der Waals surface area contributed by atoms with Crippen molar-refractivity contribution in [1.82, 2.24) is 0 Å². The number of benzene rings is 1. The molecule has 0 aliphatic rings. The molecule has 0 heterocycles. The second-order valence-corrected chi connectivity index (χ2v) is 5.50. The van der Waals surface area contributed by atoms with Crippen LogP contribution in [-0.2, 0) is 6.42 Å². The standard InChI is InChI=1S/C11H16ClNS/c1-8(2)14-11-4-3-9(5-6-13)7-10(11)12/h3-4,7-8H,5-6,13H2,1-2H3. The van der Waals surface area contributed by atoms with Crippen LogP contribution in [0.4, 0.5) is 0 Å². The van der Waals surface area contributed by atoms with Gasteiger partial charge in [0, 0.05) is 10.1 Å². The first-order chi connectivity index (χ1) is 6.63. The second kappa shape index (κ2) is 5.64. The number of hydrogen-bond donors (Lipinski definition) is 1. The Morgan fingerprint density at radius 3 is 2.64 bits per heavy atom. The van der Waals surface area contributed by atoms with Gasteiger partial charge in [0.1, 0.15) is 0 Å². The third-order valence-corrected chi connectivity index (χ3v) is 3.30. The molecule has 1 aromatic rings. The molecule has 0 aliphatic heterocycles. The van der Waals surface area contributed by atoms with E-state index in [0.717, 1.165) is 16.3 Å². The first kappa shape index (κ1) is 11.9. The van der Waals surface area contributed by atoms with E-state index in [2.05, 4.69) is 26.0 Å². The van der Waals surface area contributed by atoms with E-state index in [4.69, 9.17) is 17.3 Å². The normalized spacial score (nSPS) is 10.9.